The Kier molecular flexibility index (Phi) is 5.51. The third kappa shape index (κ3) is 3.89. The van der Waals surface area contributed by atoms with Crippen LogP contribution in [0.4, 0.5) is 0 Å². The minimum absolute atomic E-state index is 0.0742. The number of carbonyl (C=O) groups is 2. The van der Waals surface area contributed by atoms with Crippen molar-refractivity contribution in [2.24, 2.45) is 0 Å². The first kappa shape index (κ1) is 17.9. The van der Waals surface area contributed by atoms with E-state index in [0.717, 1.165) is 0 Å². The Morgan fingerprint density at radius 2 is 2.08 bits per heavy atom. The van der Waals surface area contributed by atoms with E-state index in [2.05, 4.69) is 0 Å². The van der Waals surface area contributed by atoms with Crippen LogP contribution in [0.5, 0.6) is 5.75 Å². The highest BCUT2D eigenvalue weighted by molar-refractivity contribution is 6.31. The molecule has 0 aliphatic rings. The molecular weight excluding hydrogens is 334 g/mol. The van der Waals surface area contributed by atoms with Crippen molar-refractivity contribution in [2.75, 3.05) is 14.2 Å². The van der Waals surface area contributed by atoms with Gasteiger partial charge in [0.05, 0.1) is 20.1 Å². The number of hydrogen-bond acceptors (Lipinski definition) is 4. The fourth-order valence-electron chi connectivity index (χ4n) is 2.34. The molecule has 7 heteroatoms. The Hall–Kier alpha value is -2.47. The van der Waals surface area contributed by atoms with Crippen LogP contribution in [0.15, 0.2) is 28.7 Å². The van der Waals surface area contributed by atoms with E-state index in [1.165, 1.54) is 18.1 Å². The van der Waals surface area contributed by atoms with Crippen molar-refractivity contribution < 1.29 is 23.8 Å². The van der Waals surface area contributed by atoms with Gasteiger partial charge in [-0.25, -0.2) is 4.79 Å². The molecule has 2 aromatic rings. The maximum absolute atomic E-state index is 12.4. The lowest BCUT2D eigenvalue weighted by Crippen LogP contribution is -2.27. The lowest BCUT2D eigenvalue weighted by Gasteiger charge is -2.17. The van der Waals surface area contributed by atoms with Gasteiger partial charge in [0.1, 0.15) is 22.8 Å². The quantitative estimate of drug-likeness (QED) is 0.864. The van der Waals surface area contributed by atoms with Gasteiger partial charge >= 0.3 is 5.97 Å². The van der Waals surface area contributed by atoms with Crippen LogP contribution in [0.2, 0.25) is 5.02 Å². The van der Waals surface area contributed by atoms with Crippen molar-refractivity contribution in [2.45, 2.75) is 19.9 Å². The van der Waals surface area contributed by atoms with E-state index in [1.807, 2.05) is 0 Å². The van der Waals surface area contributed by atoms with Gasteiger partial charge in [-0.05, 0) is 25.1 Å². The molecule has 0 aliphatic carbocycles. The lowest BCUT2D eigenvalue weighted by molar-refractivity contribution is -0.129. The predicted octanol–water partition coefficient (Wildman–Crippen LogP) is 3.15. The molecule has 1 N–H and O–H groups in total. The van der Waals surface area contributed by atoms with Crippen LogP contribution < -0.4 is 4.74 Å². The van der Waals surface area contributed by atoms with E-state index in [1.54, 1.807) is 32.2 Å². The highest BCUT2D eigenvalue weighted by Crippen LogP contribution is 2.27. The molecule has 0 atom stereocenters. The number of hydrogen-bond donors (Lipinski definition) is 1. The second-order valence-corrected chi connectivity index (χ2v) is 5.74. The van der Waals surface area contributed by atoms with E-state index in [0.29, 0.717) is 27.9 Å². The molecule has 0 unspecified atom stereocenters. The first-order valence-electron chi connectivity index (χ1n) is 7.21. The lowest BCUT2D eigenvalue weighted by atomic mass is 10.1. The van der Waals surface area contributed by atoms with Crippen molar-refractivity contribution in [1.82, 2.24) is 4.90 Å². The summed E-state index contributed by atoms with van der Waals surface area (Å²) < 4.78 is 10.6. The maximum atomic E-state index is 12.4. The fraction of sp³-hybridized carbons (Fsp3) is 0.294. The SMILES string of the molecule is COc1cccc(Cl)c1CC(=O)N(C)Cc1cc(C(=O)O)c(C)o1. The smallest absolute Gasteiger partial charge is 0.339 e. The number of methoxy groups -OCH3 is 1. The van der Waals surface area contributed by atoms with Crippen LogP contribution in [0.25, 0.3) is 0 Å². The molecule has 0 saturated carbocycles. The molecule has 128 valence electrons. The summed E-state index contributed by atoms with van der Waals surface area (Å²) in [5, 5.41) is 9.49. The zero-order chi connectivity index (χ0) is 17.9. The number of halogens is 1. The molecule has 1 aromatic carbocycles. The highest BCUT2D eigenvalue weighted by atomic mass is 35.5. The van der Waals surface area contributed by atoms with Crippen molar-refractivity contribution in [3.63, 3.8) is 0 Å². The Morgan fingerprint density at radius 1 is 1.38 bits per heavy atom. The second-order valence-electron chi connectivity index (χ2n) is 5.33. The number of aromatic carboxylic acids is 1. The molecule has 0 bridgehead atoms. The molecule has 0 spiro atoms. The number of furan rings is 1. The molecule has 0 radical (unpaired) electrons. The van der Waals surface area contributed by atoms with E-state index in [9.17, 15) is 9.59 Å². The Bertz CT molecular complexity index is 768. The van der Waals surface area contributed by atoms with E-state index < -0.39 is 5.97 Å². The summed E-state index contributed by atoms with van der Waals surface area (Å²) in [6.07, 6.45) is 0.0742. The molecule has 0 fully saturated rings. The van der Waals surface area contributed by atoms with Gasteiger partial charge in [-0.3, -0.25) is 4.79 Å². The van der Waals surface area contributed by atoms with Crippen molar-refractivity contribution >= 4 is 23.5 Å². The molecule has 24 heavy (non-hydrogen) atoms. The minimum atomic E-state index is -1.06. The van der Waals surface area contributed by atoms with Gasteiger partial charge in [0.2, 0.25) is 5.91 Å². The fourth-order valence-corrected chi connectivity index (χ4v) is 2.58. The van der Waals surface area contributed by atoms with E-state index in [-0.39, 0.29) is 24.4 Å². The highest BCUT2D eigenvalue weighted by Gasteiger charge is 2.19. The topological polar surface area (TPSA) is 80.0 Å². The Labute approximate surface area is 144 Å². The number of aryl methyl sites for hydroxylation is 1. The van der Waals surface area contributed by atoms with Crippen LogP contribution in [0, 0.1) is 6.92 Å². The van der Waals surface area contributed by atoms with Gasteiger partial charge < -0.3 is 19.2 Å². The van der Waals surface area contributed by atoms with Crippen LogP contribution in [0.3, 0.4) is 0 Å². The molecule has 1 amide bonds. The Morgan fingerprint density at radius 3 is 2.67 bits per heavy atom. The van der Waals surface area contributed by atoms with Crippen molar-refractivity contribution in [3.8, 4) is 5.75 Å². The molecule has 1 heterocycles. The summed E-state index contributed by atoms with van der Waals surface area (Å²) in [4.78, 5) is 24.9. The maximum Gasteiger partial charge on any atom is 0.339 e. The number of carboxylic acids is 1. The van der Waals surface area contributed by atoms with Gasteiger partial charge in [0.15, 0.2) is 0 Å². The number of benzene rings is 1. The predicted molar refractivity (Wildman–Crippen MR) is 88.6 cm³/mol. The van der Waals surface area contributed by atoms with Gasteiger partial charge in [0.25, 0.3) is 0 Å². The standard InChI is InChI=1S/C17H18ClNO5/c1-10-12(17(21)22)7-11(24-10)9-19(2)16(20)8-13-14(18)5-4-6-15(13)23-3/h4-7H,8-9H2,1-3H3,(H,21,22). The monoisotopic (exact) mass is 351 g/mol. The van der Waals surface area contributed by atoms with Crippen LogP contribution in [-0.2, 0) is 17.8 Å². The molecule has 2 rings (SSSR count). The minimum Gasteiger partial charge on any atom is -0.496 e. The van der Waals surface area contributed by atoms with Crippen molar-refractivity contribution in [1.29, 1.82) is 0 Å². The van der Waals surface area contributed by atoms with Crippen LogP contribution >= 0.6 is 11.6 Å². The third-order valence-corrected chi connectivity index (χ3v) is 4.00. The largest absolute Gasteiger partial charge is 0.496 e. The number of amides is 1. The Balaban J connectivity index is 2.11. The van der Waals surface area contributed by atoms with Gasteiger partial charge in [-0.15, -0.1) is 0 Å². The van der Waals surface area contributed by atoms with Gasteiger partial charge in [0, 0.05) is 17.6 Å². The first-order valence-corrected chi connectivity index (χ1v) is 7.59. The zero-order valence-corrected chi connectivity index (χ0v) is 14.4. The number of rotatable bonds is 6. The molecule has 0 saturated heterocycles. The summed E-state index contributed by atoms with van der Waals surface area (Å²) in [5.74, 6) is 0.0221. The summed E-state index contributed by atoms with van der Waals surface area (Å²) >= 11 is 6.14. The second kappa shape index (κ2) is 7.40. The molecular formula is C17H18ClNO5. The van der Waals surface area contributed by atoms with Crippen LogP contribution in [-0.4, -0.2) is 36.0 Å². The number of ether oxygens (including phenoxy) is 1. The first-order chi connectivity index (χ1) is 11.3. The van der Waals surface area contributed by atoms with E-state index in [4.69, 9.17) is 25.9 Å². The van der Waals surface area contributed by atoms with E-state index >= 15 is 0 Å². The number of carboxylic acid groups (broad SMARTS) is 1. The summed E-state index contributed by atoms with van der Waals surface area (Å²) in [6.45, 7) is 1.74. The number of carbonyl (C=O) groups excluding carboxylic acids is 1. The summed E-state index contributed by atoms with van der Waals surface area (Å²) in [5.41, 5.74) is 0.707. The summed E-state index contributed by atoms with van der Waals surface area (Å²) in [6, 6.07) is 6.61. The molecule has 6 nitrogen and oxygen atoms in total. The third-order valence-electron chi connectivity index (χ3n) is 3.64. The number of nitrogens with zero attached hydrogens (tertiary/aromatic N) is 1. The zero-order valence-electron chi connectivity index (χ0n) is 13.6. The van der Waals surface area contributed by atoms with Crippen LogP contribution in [0.1, 0.15) is 27.4 Å². The van der Waals surface area contributed by atoms with Gasteiger partial charge in [-0.1, -0.05) is 17.7 Å². The normalized spacial score (nSPS) is 10.5. The molecule has 0 aliphatic heterocycles. The average molecular weight is 352 g/mol. The van der Waals surface area contributed by atoms with Crippen molar-refractivity contribution in [3.05, 3.63) is 51.9 Å². The number of likely N-dealkylation sites (N-methyl/N-ethyl adjacent to an activating group) is 1. The molecule has 1 aromatic heterocycles. The average Bonchev–Trinajstić information content (AvgIpc) is 2.89. The van der Waals surface area contributed by atoms with Gasteiger partial charge in [-0.2, -0.15) is 0 Å². The summed E-state index contributed by atoms with van der Waals surface area (Å²) in [7, 11) is 3.13.